The normalized spacial score (nSPS) is 12.5. The maximum atomic E-state index is 5.85. The van der Waals surface area contributed by atoms with Crippen LogP contribution in [0.1, 0.15) is 18.9 Å². The quantitative estimate of drug-likeness (QED) is 0.761. The van der Waals surface area contributed by atoms with Crippen molar-refractivity contribution in [1.29, 1.82) is 0 Å². The highest BCUT2D eigenvalue weighted by Gasteiger charge is 2.06. The Morgan fingerprint density at radius 1 is 1.62 bits per heavy atom. The van der Waals surface area contributed by atoms with Gasteiger partial charge in [0.1, 0.15) is 0 Å². The Morgan fingerprint density at radius 2 is 2.38 bits per heavy atom. The summed E-state index contributed by atoms with van der Waals surface area (Å²) < 4.78 is 5.12. The summed E-state index contributed by atoms with van der Waals surface area (Å²) >= 11 is 0. The van der Waals surface area contributed by atoms with Crippen LogP contribution in [0.2, 0.25) is 0 Å². The summed E-state index contributed by atoms with van der Waals surface area (Å²) in [6.45, 7) is 2.08. The lowest BCUT2D eigenvalue weighted by molar-refractivity contribution is 0.390. The molecule has 0 bridgehead atoms. The monoisotopic (exact) mass is 180 g/mol. The van der Waals surface area contributed by atoms with Gasteiger partial charge in [-0.15, -0.1) is 0 Å². The van der Waals surface area contributed by atoms with E-state index in [1.54, 1.807) is 13.3 Å². The first-order valence-corrected chi connectivity index (χ1v) is 4.51. The van der Waals surface area contributed by atoms with E-state index >= 15 is 0 Å². The number of pyridine rings is 1. The van der Waals surface area contributed by atoms with Crippen LogP contribution in [0.25, 0.3) is 0 Å². The molecule has 0 aromatic carbocycles. The lowest BCUT2D eigenvalue weighted by Gasteiger charge is -2.10. The van der Waals surface area contributed by atoms with Crippen molar-refractivity contribution >= 4 is 0 Å². The summed E-state index contributed by atoms with van der Waals surface area (Å²) in [6.07, 6.45) is 3.52. The Labute approximate surface area is 78.9 Å². The molecule has 1 atom stereocenters. The lowest BCUT2D eigenvalue weighted by atomic mass is 10.1. The Morgan fingerprint density at radius 3 is 3.00 bits per heavy atom. The van der Waals surface area contributed by atoms with Gasteiger partial charge in [0.25, 0.3) is 0 Å². The predicted octanol–water partition coefficient (Wildman–Crippen LogP) is 1.37. The molecule has 13 heavy (non-hydrogen) atoms. The Hall–Kier alpha value is -1.09. The van der Waals surface area contributed by atoms with Crippen molar-refractivity contribution in [3.63, 3.8) is 0 Å². The summed E-state index contributed by atoms with van der Waals surface area (Å²) in [5.74, 6) is 0.686. The van der Waals surface area contributed by atoms with Gasteiger partial charge in [-0.05, 0) is 18.9 Å². The van der Waals surface area contributed by atoms with E-state index < -0.39 is 0 Å². The predicted molar refractivity (Wildman–Crippen MR) is 52.8 cm³/mol. The van der Waals surface area contributed by atoms with E-state index in [1.165, 1.54) is 0 Å². The van der Waals surface area contributed by atoms with E-state index in [2.05, 4.69) is 11.9 Å². The standard InChI is InChI=1S/C10H16N2O/c1-3-9(11)7-8-5-4-6-12-10(8)13-2/h4-6,9H,3,7,11H2,1-2H3. The molecular weight excluding hydrogens is 164 g/mol. The molecule has 72 valence electrons. The summed E-state index contributed by atoms with van der Waals surface area (Å²) in [4.78, 5) is 4.11. The second-order valence-corrected chi connectivity index (χ2v) is 3.04. The van der Waals surface area contributed by atoms with Gasteiger partial charge in [-0.2, -0.15) is 0 Å². The zero-order valence-corrected chi connectivity index (χ0v) is 8.16. The lowest BCUT2D eigenvalue weighted by Crippen LogP contribution is -2.21. The van der Waals surface area contributed by atoms with E-state index in [0.717, 1.165) is 18.4 Å². The van der Waals surface area contributed by atoms with E-state index in [-0.39, 0.29) is 6.04 Å². The van der Waals surface area contributed by atoms with Crippen LogP contribution < -0.4 is 10.5 Å². The molecule has 2 N–H and O–H groups in total. The zero-order chi connectivity index (χ0) is 9.68. The molecule has 1 aromatic rings. The molecule has 3 heteroatoms. The fraction of sp³-hybridized carbons (Fsp3) is 0.500. The Balaban J connectivity index is 2.74. The van der Waals surface area contributed by atoms with Crippen LogP contribution in [0, 0.1) is 0 Å². The van der Waals surface area contributed by atoms with Crippen LogP contribution in [-0.4, -0.2) is 18.1 Å². The van der Waals surface area contributed by atoms with Gasteiger partial charge < -0.3 is 10.5 Å². The molecule has 0 aliphatic carbocycles. The van der Waals surface area contributed by atoms with Gasteiger partial charge in [-0.3, -0.25) is 0 Å². The maximum absolute atomic E-state index is 5.85. The highest BCUT2D eigenvalue weighted by atomic mass is 16.5. The van der Waals surface area contributed by atoms with E-state index in [0.29, 0.717) is 5.88 Å². The van der Waals surface area contributed by atoms with Crippen LogP contribution in [0.15, 0.2) is 18.3 Å². The highest BCUT2D eigenvalue weighted by molar-refractivity contribution is 5.26. The van der Waals surface area contributed by atoms with Crippen LogP contribution in [0.5, 0.6) is 5.88 Å². The Bertz CT molecular complexity index is 263. The molecular formula is C10H16N2O. The number of rotatable bonds is 4. The molecule has 0 saturated carbocycles. The van der Waals surface area contributed by atoms with Gasteiger partial charge in [-0.25, -0.2) is 4.98 Å². The number of nitrogens with two attached hydrogens (primary N) is 1. The minimum absolute atomic E-state index is 0.193. The van der Waals surface area contributed by atoms with Crippen LogP contribution in [0.3, 0.4) is 0 Å². The minimum atomic E-state index is 0.193. The molecule has 1 aromatic heterocycles. The molecule has 1 heterocycles. The first-order valence-electron chi connectivity index (χ1n) is 4.51. The molecule has 0 aliphatic heterocycles. The summed E-state index contributed by atoms with van der Waals surface area (Å²) in [5, 5.41) is 0. The van der Waals surface area contributed by atoms with Gasteiger partial charge in [-0.1, -0.05) is 13.0 Å². The SMILES string of the molecule is CCC(N)Cc1cccnc1OC. The number of hydrogen-bond donors (Lipinski definition) is 1. The minimum Gasteiger partial charge on any atom is -0.481 e. The van der Waals surface area contributed by atoms with Gasteiger partial charge in [0.2, 0.25) is 5.88 Å². The number of nitrogens with zero attached hydrogens (tertiary/aromatic N) is 1. The van der Waals surface area contributed by atoms with Crippen LogP contribution in [0.4, 0.5) is 0 Å². The van der Waals surface area contributed by atoms with Crippen LogP contribution in [-0.2, 0) is 6.42 Å². The third-order valence-electron chi connectivity index (χ3n) is 2.05. The first-order chi connectivity index (χ1) is 6.27. The number of ether oxygens (including phenoxy) is 1. The fourth-order valence-electron chi connectivity index (χ4n) is 1.19. The molecule has 0 fully saturated rings. The van der Waals surface area contributed by atoms with Crippen molar-refractivity contribution in [2.45, 2.75) is 25.8 Å². The molecule has 1 unspecified atom stereocenters. The summed E-state index contributed by atoms with van der Waals surface area (Å²) in [7, 11) is 1.63. The zero-order valence-electron chi connectivity index (χ0n) is 8.16. The molecule has 0 radical (unpaired) electrons. The van der Waals surface area contributed by atoms with Crippen LogP contribution >= 0.6 is 0 Å². The third kappa shape index (κ3) is 2.70. The molecule has 0 aliphatic rings. The largest absolute Gasteiger partial charge is 0.481 e. The fourth-order valence-corrected chi connectivity index (χ4v) is 1.19. The topological polar surface area (TPSA) is 48.1 Å². The second kappa shape index (κ2) is 4.82. The number of aromatic nitrogens is 1. The smallest absolute Gasteiger partial charge is 0.216 e. The van der Waals surface area contributed by atoms with Crippen molar-refractivity contribution in [1.82, 2.24) is 4.98 Å². The molecule has 3 nitrogen and oxygen atoms in total. The van der Waals surface area contributed by atoms with Gasteiger partial charge in [0.15, 0.2) is 0 Å². The number of methoxy groups -OCH3 is 1. The van der Waals surface area contributed by atoms with Crippen molar-refractivity contribution < 1.29 is 4.74 Å². The first kappa shape index (κ1) is 9.99. The highest BCUT2D eigenvalue weighted by Crippen LogP contribution is 2.15. The van der Waals surface area contributed by atoms with E-state index in [1.807, 2.05) is 12.1 Å². The molecule has 1 rings (SSSR count). The summed E-state index contributed by atoms with van der Waals surface area (Å²) in [5.41, 5.74) is 6.93. The second-order valence-electron chi connectivity index (χ2n) is 3.04. The van der Waals surface area contributed by atoms with Gasteiger partial charge in [0, 0.05) is 17.8 Å². The van der Waals surface area contributed by atoms with Crippen molar-refractivity contribution in [2.75, 3.05) is 7.11 Å². The van der Waals surface area contributed by atoms with E-state index in [9.17, 15) is 0 Å². The van der Waals surface area contributed by atoms with Crippen molar-refractivity contribution in [3.8, 4) is 5.88 Å². The third-order valence-corrected chi connectivity index (χ3v) is 2.05. The van der Waals surface area contributed by atoms with Crippen molar-refractivity contribution in [3.05, 3.63) is 23.9 Å². The average Bonchev–Trinajstić information content (AvgIpc) is 2.18. The van der Waals surface area contributed by atoms with E-state index in [4.69, 9.17) is 10.5 Å². The van der Waals surface area contributed by atoms with Crippen molar-refractivity contribution in [2.24, 2.45) is 5.73 Å². The Kier molecular flexibility index (Phi) is 3.71. The number of hydrogen-bond acceptors (Lipinski definition) is 3. The van der Waals surface area contributed by atoms with Gasteiger partial charge in [0.05, 0.1) is 7.11 Å². The molecule has 0 saturated heterocycles. The molecule has 0 spiro atoms. The maximum Gasteiger partial charge on any atom is 0.216 e. The molecule has 0 amide bonds. The average molecular weight is 180 g/mol. The van der Waals surface area contributed by atoms with Gasteiger partial charge >= 0.3 is 0 Å². The summed E-state index contributed by atoms with van der Waals surface area (Å²) in [6, 6.07) is 4.10.